The lowest BCUT2D eigenvalue weighted by Crippen LogP contribution is -2.42. The third kappa shape index (κ3) is 2.77. The van der Waals surface area contributed by atoms with Crippen LogP contribution in [0.2, 0.25) is 0 Å². The highest BCUT2D eigenvalue weighted by molar-refractivity contribution is 5.95. The Morgan fingerprint density at radius 2 is 2.20 bits per heavy atom. The number of amides is 1. The lowest BCUT2D eigenvalue weighted by Gasteiger charge is -2.26. The fourth-order valence-corrected chi connectivity index (χ4v) is 2.89. The highest BCUT2D eigenvalue weighted by Gasteiger charge is 2.35. The molecule has 3 rings (SSSR count). The van der Waals surface area contributed by atoms with Crippen LogP contribution in [0.3, 0.4) is 0 Å². The second-order valence-corrected chi connectivity index (χ2v) is 5.88. The number of aromatic nitrogens is 1. The molecule has 1 amide bonds. The van der Waals surface area contributed by atoms with Gasteiger partial charge in [-0.05, 0) is 44.7 Å². The molecule has 1 atom stereocenters. The van der Waals surface area contributed by atoms with Crippen molar-refractivity contribution in [3.63, 3.8) is 0 Å². The zero-order chi connectivity index (χ0) is 14.1. The molecule has 5 nitrogen and oxygen atoms in total. The lowest BCUT2D eigenvalue weighted by molar-refractivity contribution is 0.0727. The van der Waals surface area contributed by atoms with Gasteiger partial charge in [-0.25, -0.2) is 0 Å². The van der Waals surface area contributed by atoms with Crippen molar-refractivity contribution in [2.24, 2.45) is 0 Å². The van der Waals surface area contributed by atoms with E-state index >= 15 is 0 Å². The molecule has 1 saturated heterocycles. The number of pyridine rings is 1. The van der Waals surface area contributed by atoms with Gasteiger partial charge in [0, 0.05) is 30.9 Å². The van der Waals surface area contributed by atoms with Gasteiger partial charge in [0.05, 0.1) is 5.56 Å². The van der Waals surface area contributed by atoms with Crippen molar-refractivity contribution in [2.75, 3.05) is 13.1 Å². The summed E-state index contributed by atoms with van der Waals surface area (Å²) < 4.78 is 0. The van der Waals surface area contributed by atoms with Gasteiger partial charge in [0.1, 0.15) is 0 Å². The van der Waals surface area contributed by atoms with Crippen LogP contribution in [0.5, 0.6) is 0 Å². The van der Waals surface area contributed by atoms with Crippen LogP contribution in [0.1, 0.15) is 41.6 Å². The third-order valence-electron chi connectivity index (χ3n) is 4.19. The van der Waals surface area contributed by atoms with Gasteiger partial charge in [0.15, 0.2) is 0 Å². The average Bonchev–Trinajstić information content (AvgIpc) is 3.12. The third-order valence-corrected chi connectivity index (χ3v) is 4.19. The van der Waals surface area contributed by atoms with Crippen LogP contribution in [0, 0.1) is 6.92 Å². The number of carbonyl (C=O) groups is 1. The Morgan fingerprint density at radius 3 is 2.80 bits per heavy atom. The van der Waals surface area contributed by atoms with E-state index in [-0.39, 0.29) is 11.5 Å². The summed E-state index contributed by atoms with van der Waals surface area (Å²) in [5, 5.41) is 3.45. The van der Waals surface area contributed by atoms with Crippen LogP contribution in [0.25, 0.3) is 0 Å². The molecule has 2 heterocycles. The van der Waals surface area contributed by atoms with Crippen molar-refractivity contribution in [3.8, 4) is 0 Å². The maximum absolute atomic E-state index is 12.7. The number of aryl methyl sites for hydroxylation is 1. The number of hydrogen-bond acceptors (Lipinski definition) is 3. The summed E-state index contributed by atoms with van der Waals surface area (Å²) >= 11 is 0. The molecule has 1 aromatic heterocycles. The van der Waals surface area contributed by atoms with E-state index < -0.39 is 0 Å². The van der Waals surface area contributed by atoms with Crippen LogP contribution in [0.15, 0.2) is 17.1 Å². The first-order chi connectivity index (χ1) is 9.65. The van der Waals surface area contributed by atoms with Crippen molar-refractivity contribution in [1.82, 2.24) is 15.2 Å². The monoisotopic (exact) mass is 275 g/mol. The first kappa shape index (κ1) is 13.4. The molecule has 0 aromatic carbocycles. The summed E-state index contributed by atoms with van der Waals surface area (Å²) in [5.41, 5.74) is 1.22. The maximum Gasteiger partial charge on any atom is 0.255 e. The van der Waals surface area contributed by atoms with Crippen molar-refractivity contribution < 1.29 is 4.79 Å². The normalized spacial score (nSPS) is 21.9. The minimum Gasteiger partial charge on any atom is -0.334 e. The summed E-state index contributed by atoms with van der Waals surface area (Å²) in [5.74, 6) is 0.0509. The van der Waals surface area contributed by atoms with Gasteiger partial charge in [-0.1, -0.05) is 0 Å². The van der Waals surface area contributed by atoms with Gasteiger partial charge in [-0.15, -0.1) is 0 Å². The van der Waals surface area contributed by atoms with E-state index in [1.165, 1.54) is 12.5 Å². The van der Waals surface area contributed by atoms with E-state index in [4.69, 9.17) is 0 Å². The highest BCUT2D eigenvalue weighted by atomic mass is 16.2. The largest absolute Gasteiger partial charge is 0.334 e. The van der Waals surface area contributed by atoms with Crippen molar-refractivity contribution >= 4 is 5.91 Å². The average molecular weight is 275 g/mol. The second kappa shape index (κ2) is 5.40. The molecule has 1 aromatic rings. The number of aromatic amines is 1. The zero-order valence-electron chi connectivity index (χ0n) is 11.8. The molecule has 2 fully saturated rings. The molecule has 1 unspecified atom stereocenters. The van der Waals surface area contributed by atoms with Crippen molar-refractivity contribution in [2.45, 2.75) is 44.7 Å². The van der Waals surface area contributed by atoms with Gasteiger partial charge in [-0.3, -0.25) is 9.59 Å². The first-order valence-corrected chi connectivity index (χ1v) is 7.39. The molecule has 0 spiro atoms. The standard InChI is InChI=1S/C15H21N3O2/c1-10-7-14(19)17-8-13(10)15(20)18(12-4-5-12)9-11-3-2-6-16-11/h7-8,11-12,16H,2-6,9H2,1H3,(H,17,19). The Labute approximate surface area is 118 Å². The first-order valence-electron chi connectivity index (χ1n) is 7.39. The Hall–Kier alpha value is -1.62. The molecule has 5 heteroatoms. The van der Waals surface area contributed by atoms with Gasteiger partial charge < -0.3 is 15.2 Å². The number of hydrogen-bond donors (Lipinski definition) is 2. The summed E-state index contributed by atoms with van der Waals surface area (Å²) in [6, 6.07) is 2.30. The van der Waals surface area contributed by atoms with E-state index in [1.807, 2.05) is 11.8 Å². The second-order valence-electron chi connectivity index (χ2n) is 5.88. The topological polar surface area (TPSA) is 65.2 Å². The minimum absolute atomic E-state index is 0.0509. The summed E-state index contributed by atoms with van der Waals surface area (Å²) in [7, 11) is 0. The van der Waals surface area contributed by atoms with E-state index in [9.17, 15) is 9.59 Å². The Kier molecular flexibility index (Phi) is 3.61. The molecule has 1 aliphatic carbocycles. The molecule has 108 valence electrons. The molecule has 0 bridgehead atoms. The maximum atomic E-state index is 12.7. The summed E-state index contributed by atoms with van der Waals surface area (Å²) in [6.45, 7) is 3.65. The Bertz CT molecular complexity index is 556. The minimum atomic E-state index is -0.158. The summed E-state index contributed by atoms with van der Waals surface area (Å²) in [6.07, 6.45) is 6.08. The van der Waals surface area contributed by atoms with Crippen LogP contribution in [0.4, 0.5) is 0 Å². The molecular weight excluding hydrogens is 254 g/mol. The fourth-order valence-electron chi connectivity index (χ4n) is 2.89. The molecule has 1 aliphatic heterocycles. The highest BCUT2D eigenvalue weighted by Crippen LogP contribution is 2.29. The van der Waals surface area contributed by atoms with Crippen LogP contribution < -0.4 is 10.9 Å². The van der Waals surface area contributed by atoms with E-state index in [0.717, 1.165) is 37.9 Å². The number of nitrogens with zero attached hydrogens (tertiary/aromatic N) is 1. The van der Waals surface area contributed by atoms with Gasteiger partial charge in [0.25, 0.3) is 5.91 Å². The lowest BCUT2D eigenvalue weighted by atomic mass is 10.1. The van der Waals surface area contributed by atoms with E-state index in [0.29, 0.717) is 17.6 Å². The molecule has 20 heavy (non-hydrogen) atoms. The van der Waals surface area contributed by atoms with Crippen molar-refractivity contribution in [1.29, 1.82) is 0 Å². The predicted molar refractivity (Wildman–Crippen MR) is 76.9 cm³/mol. The Morgan fingerprint density at radius 1 is 1.40 bits per heavy atom. The van der Waals surface area contributed by atoms with Crippen LogP contribution in [-0.2, 0) is 0 Å². The van der Waals surface area contributed by atoms with E-state index in [1.54, 1.807) is 6.20 Å². The molecule has 0 radical (unpaired) electrons. The molecule has 2 aliphatic rings. The van der Waals surface area contributed by atoms with Crippen molar-refractivity contribution in [3.05, 3.63) is 33.7 Å². The summed E-state index contributed by atoms with van der Waals surface area (Å²) in [4.78, 5) is 28.6. The molecule has 1 saturated carbocycles. The number of H-pyrrole nitrogens is 1. The smallest absolute Gasteiger partial charge is 0.255 e. The predicted octanol–water partition coefficient (Wildman–Crippen LogP) is 1.04. The van der Waals surface area contributed by atoms with E-state index in [2.05, 4.69) is 10.3 Å². The molecular formula is C15H21N3O2. The zero-order valence-corrected chi connectivity index (χ0v) is 11.8. The van der Waals surface area contributed by atoms with Crippen LogP contribution in [-0.4, -0.2) is 41.0 Å². The van der Waals surface area contributed by atoms with Crippen LogP contribution >= 0.6 is 0 Å². The number of rotatable bonds is 4. The number of carbonyl (C=O) groups excluding carboxylic acids is 1. The Balaban J connectivity index is 1.79. The van der Waals surface area contributed by atoms with Gasteiger partial charge >= 0.3 is 0 Å². The fraction of sp³-hybridized carbons (Fsp3) is 0.600. The quantitative estimate of drug-likeness (QED) is 0.863. The molecule has 2 N–H and O–H groups in total. The van der Waals surface area contributed by atoms with Gasteiger partial charge in [-0.2, -0.15) is 0 Å². The van der Waals surface area contributed by atoms with Gasteiger partial charge in [0.2, 0.25) is 5.56 Å². The number of nitrogens with one attached hydrogen (secondary N) is 2. The SMILES string of the molecule is Cc1cc(=O)[nH]cc1C(=O)N(CC1CCCN1)C1CC1.